The highest BCUT2D eigenvalue weighted by Gasteiger charge is 2.19. The van der Waals surface area contributed by atoms with E-state index in [4.69, 9.17) is 4.78 Å². The first-order valence-electron chi connectivity index (χ1n) is 3.91. The highest BCUT2D eigenvalue weighted by molar-refractivity contribution is 7.91. The Morgan fingerprint density at radius 1 is 1.54 bits per heavy atom. The standard InChI is InChI=1S/C8H14N2OS2/c1-8(2,3)7-10-6(5-12-7)13(4,9)11/h5,9H,1-4H3. The van der Waals surface area contributed by atoms with Crippen molar-refractivity contribution in [2.24, 2.45) is 0 Å². The number of nitrogens with zero attached hydrogens (tertiary/aromatic N) is 1. The van der Waals surface area contributed by atoms with Crippen molar-refractivity contribution in [3.63, 3.8) is 0 Å². The molecule has 3 nitrogen and oxygen atoms in total. The summed E-state index contributed by atoms with van der Waals surface area (Å²) >= 11 is 1.47. The first-order chi connectivity index (χ1) is 5.71. The molecule has 0 amide bonds. The third kappa shape index (κ3) is 2.51. The Kier molecular flexibility index (Phi) is 2.51. The molecule has 0 spiro atoms. The molecule has 0 bridgehead atoms. The third-order valence-electron chi connectivity index (χ3n) is 1.52. The van der Waals surface area contributed by atoms with Crippen LogP contribution in [-0.2, 0) is 15.1 Å². The maximum atomic E-state index is 11.3. The number of hydrogen-bond donors (Lipinski definition) is 1. The van der Waals surface area contributed by atoms with Gasteiger partial charge >= 0.3 is 0 Å². The Labute approximate surface area is 83.2 Å². The van der Waals surface area contributed by atoms with Crippen molar-refractivity contribution in [3.8, 4) is 0 Å². The quantitative estimate of drug-likeness (QED) is 0.787. The summed E-state index contributed by atoms with van der Waals surface area (Å²) in [6.07, 6.45) is 1.40. The first kappa shape index (κ1) is 10.7. The van der Waals surface area contributed by atoms with Gasteiger partial charge in [-0.1, -0.05) is 20.8 Å². The molecule has 1 aromatic rings. The van der Waals surface area contributed by atoms with Crippen LogP contribution in [-0.4, -0.2) is 15.4 Å². The molecule has 74 valence electrons. The molecule has 0 aliphatic rings. The Balaban J connectivity index is 3.16. The summed E-state index contributed by atoms with van der Waals surface area (Å²) in [5.41, 5.74) is -0.0202. The van der Waals surface area contributed by atoms with Crippen LogP contribution < -0.4 is 0 Å². The van der Waals surface area contributed by atoms with Crippen molar-refractivity contribution in [2.75, 3.05) is 6.26 Å². The molecular formula is C8H14N2OS2. The zero-order valence-electron chi connectivity index (χ0n) is 8.25. The van der Waals surface area contributed by atoms with Crippen LogP contribution in [0.25, 0.3) is 0 Å². The minimum absolute atomic E-state index is 0.0202. The topological polar surface area (TPSA) is 53.8 Å². The zero-order chi connectivity index (χ0) is 10.3. The molecule has 0 fully saturated rings. The van der Waals surface area contributed by atoms with Gasteiger partial charge in [-0.2, -0.15) is 0 Å². The van der Waals surface area contributed by atoms with Gasteiger partial charge in [0.2, 0.25) is 0 Å². The van der Waals surface area contributed by atoms with E-state index in [9.17, 15) is 4.21 Å². The van der Waals surface area contributed by atoms with E-state index in [1.807, 2.05) is 0 Å². The van der Waals surface area contributed by atoms with E-state index in [1.54, 1.807) is 5.38 Å². The predicted octanol–water partition coefficient (Wildman–Crippen LogP) is 2.48. The second-order valence-corrected chi connectivity index (χ2v) is 7.05. The van der Waals surface area contributed by atoms with E-state index in [1.165, 1.54) is 17.6 Å². The van der Waals surface area contributed by atoms with Gasteiger partial charge < -0.3 is 0 Å². The van der Waals surface area contributed by atoms with Gasteiger partial charge in [-0.05, 0) is 0 Å². The minimum Gasteiger partial charge on any atom is -0.248 e. The van der Waals surface area contributed by atoms with Crippen molar-refractivity contribution < 1.29 is 4.21 Å². The highest BCUT2D eigenvalue weighted by atomic mass is 32.2. The van der Waals surface area contributed by atoms with Crippen molar-refractivity contribution in [1.29, 1.82) is 4.78 Å². The van der Waals surface area contributed by atoms with Crippen LogP contribution in [0.2, 0.25) is 0 Å². The monoisotopic (exact) mass is 218 g/mol. The molecule has 0 radical (unpaired) electrons. The van der Waals surface area contributed by atoms with E-state index in [-0.39, 0.29) is 5.41 Å². The lowest BCUT2D eigenvalue weighted by Crippen LogP contribution is -2.10. The molecule has 0 saturated carbocycles. The molecule has 1 atom stereocenters. The summed E-state index contributed by atoms with van der Waals surface area (Å²) < 4.78 is 18.7. The third-order valence-corrected chi connectivity index (χ3v) is 3.95. The Morgan fingerprint density at radius 3 is 2.31 bits per heavy atom. The largest absolute Gasteiger partial charge is 0.248 e. The molecule has 5 heteroatoms. The maximum absolute atomic E-state index is 11.3. The first-order valence-corrected chi connectivity index (χ1v) is 6.75. The fraction of sp³-hybridized carbons (Fsp3) is 0.625. The highest BCUT2D eigenvalue weighted by Crippen LogP contribution is 2.26. The Bertz CT molecular complexity index is 398. The van der Waals surface area contributed by atoms with Gasteiger partial charge in [0.1, 0.15) is 5.03 Å². The van der Waals surface area contributed by atoms with Gasteiger partial charge in [-0.15, -0.1) is 11.3 Å². The van der Waals surface area contributed by atoms with Crippen LogP contribution >= 0.6 is 11.3 Å². The van der Waals surface area contributed by atoms with Gasteiger partial charge in [-0.3, -0.25) is 0 Å². The number of rotatable bonds is 1. The smallest absolute Gasteiger partial charge is 0.146 e. The molecule has 0 saturated heterocycles. The normalized spacial score (nSPS) is 16.9. The summed E-state index contributed by atoms with van der Waals surface area (Å²) in [6, 6.07) is 0. The molecule has 1 aromatic heterocycles. The average molecular weight is 218 g/mol. The number of nitrogens with one attached hydrogen (secondary N) is 1. The van der Waals surface area contributed by atoms with Crippen molar-refractivity contribution in [1.82, 2.24) is 4.98 Å². The molecular weight excluding hydrogens is 204 g/mol. The van der Waals surface area contributed by atoms with Gasteiger partial charge in [0.15, 0.2) is 0 Å². The molecule has 1 unspecified atom stereocenters. The second kappa shape index (κ2) is 3.06. The summed E-state index contributed by atoms with van der Waals surface area (Å²) in [5.74, 6) is 0. The Hall–Kier alpha value is -0.420. The van der Waals surface area contributed by atoms with Crippen molar-refractivity contribution in [2.45, 2.75) is 31.2 Å². The molecule has 0 aromatic carbocycles. The molecule has 1 N–H and O–H groups in total. The summed E-state index contributed by atoms with van der Waals surface area (Å²) in [7, 11) is -2.64. The van der Waals surface area contributed by atoms with E-state index in [2.05, 4.69) is 25.8 Å². The van der Waals surface area contributed by atoms with Crippen molar-refractivity contribution in [3.05, 3.63) is 10.4 Å². The molecule has 1 heterocycles. The van der Waals surface area contributed by atoms with E-state index >= 15 is 0 Å². The maximum Gasteiger partial charge on any atom is 0.146 e. The SMILES string of the molecule is CC(C)(C)c1nc(S(C)(=N)=O)cs1. The van der Waals surface area contributed by atoms with Crippen LogP contribution in [0.3, 0.4) is 0 Å². The lowest BCUT2D eigenvalue weighted by atomic mass is 9.98. The number of hydrogen-bond acceptors (Lipinski definition) is 4. The van der Waals surface area contributed by atoms with E-state index < -0.39 is 9.73 Å². The van der Waals surface area contributed by atoms with Crippen LogP contribution in [0.4, 0.5) is 0 Å². The van der Waals surface area contributed by atoms with Crippen LogP contribution in [0, 0.1) is 4.78 Å². The molecule has 0 aliphatic heterocycles. The van der Waals surface area contributed by atoms with Gasteiger partial charge in [-0.25, -0.2) is 14.0 Å². The predicted molar refractivity (Wildman–Crippen MR) is 55.9 cm³/mol. The van der Waals surface area contributed by atoms with Crippen molar-refractivity contribution >= 4 is 21.1 Å². The number of thiazole rings is 1. The second-order valence-electron chi connectivity index (χ2n) is 4.08. The number of aromatic nitrogens is 1. The van der Waals surface area contributed by atoms with Crippen LogP contribution in [0.5, 0.6) is 0 Å². The summed E-state index contributed by atoms with van der Waals surface area (Å²) in [6.45, 7) is 6.16. The summed E-state index contributed by atoms with van der Waals surface area (Å²) in [5, 5.41) is 3.06. The fourth-order valence-corrected chi connectivity index (χ4v) is 2.75. The lowest BCUT2D eigenvalue weighted by molar-refractivity contribution is 0.580. The summed E-state index contributed by atoms with van der Waals surface area (Å²) in [4.78, 5) is 4.21. The molecule has 1 rings (SSSR count). The van der Waals surface area contributed by atoms with Gasteiger partial charge in [0.05, 0.1) is 14.7 Å². The lowest BCUT2D eigenvalue weighted by Gasteiger charge is -2.13. The van der Waals surface area contributed by atoms with Crippen LogP contribution in [0.1, 0.15) is 25.8 Å². The zero-order valence-corrected chi connectivity index (χ0v) is 9.88. The van der Waals surface area contributed by atoms with Gasteiger partial charge in [0, 0.05) is 17.1 Å². The molecule has 0 aliphatic carbocycles. The van der Waals surface area contributed by atoms with E-state index in [0.29, 0.717) is 5.03 Å². The molecule has 13 heavy (non-hydrogen) atoms. The average Bonchev–Trinajstić information content (AvgIpc) is 2.28. The minimum atomic E-state index is -2.64. The fourth-order valence-electron chi connectivity index (χ4n) is 0.782. The van der Waals surface area contributed by atoms with E-state index in [0.717, 1.165) is 5.01 Å². The van der Waals surface area contributed by atoms with Gasteiger partial charge in [0.25, 0.3) is 0 Å². The Morgan fingerprint density at radius 2 is 2.08 bits per heavy atom. The van der Waals surface area contributed by atoms with Crippen LogP contribution in [0.15, 0.2) is 10.4 Å².